The van der Waals surface area contributed by atoms with E-state index < -0.39 is 17.9 Å². The summed E-state index contributed by atoms with van der Waals surface area (Å²) in [4.78, 5) is 24.0. The van der Waals surface area contributed by atoms with Gasteiger partial charge in [-0.15, -0.1) is 0 Å². The summed E-state index contributed by atoms with van der Waals surface area (Å²) in [6.07, 6.45) is -0.0453. The van der Waals surface area contributed by atoms with E-state index in [9.17, 15) is 14.7 Å². The Bertz CT molecular complexity index is 852. The van der Waals surface area contributed by atoms with Crippen LogP contribution in [0.15, 0.2) is 36.4 Å². The van der Waals surface area contributed by atoms with Crippen LogP contribution in [-0.2, 0) is 16.0 Å². The highest BCUT2D eigenvalue weighted by molar-refractivity contribution is 6.32. The molecule has 1 atom stereocenters. The van der Waals surface area contributed by atoms with E-state index in [4.69, 9.17) is 25.8 Å². The fraction of sp³-hybridized carbons (Fsp3) is 0.263. The lowest BCUT2D eigenvalue weighted by Crippen LogP contribution is -2.34. The van der Waals surface area contributed by atoms with Crippen molar-refractivity contribution in [3.8, 4) is 17.2 Å². The van der Waals surface area contributed by atoms with Crippen LogP contribution < -0.4 is 19.5 Å². The smallest absolute Gasteiger partial charge is 0.330 e. The maximum Gasteiger partial charge on any atom is 0.330 e. The maximum atomic E-state index is 12.4. The van der Waals surface area contributed by atoms with Gasteiger partial charge in [-0.25, -0.2) is 4.79 Å². The zero-order valence-corrected chi connectivity index (χ0v) is 15.3. The molecule has 0 fully saturated rings. The van der Waals surface area contributed by atoms with Crippen LogP contribution in [-0.4, -0.2) is 37.3 Å². The summed E-state index contributed by atoms with van der Waals surface area (Å²) >= 11 is 6.17. The molecular formula is C19H18ClNO6. The number of carboxylic acid groups (broad SMARTS) is 1. The first-order chi connectivity index (χ1) is 13.0. The van der Waals surface area contributed by atoms with Crippen LogP contribution in [0.4, 0.5) is 0 Å². The van der Waals surface area contributed by atoms with Crippen molar-refractivity contribution in [3.63, 3.8) is 0 Å². The molecule has 1 aliphatic heterocycles. The monoisotopic (exact) mass is 391 g/mol. The molecule has 1 amide bonds. The normalized spacial score (nSPS) is 13.6. The predicted molar refractivity (Wildman–Crippen MR) is 97.7 cm³/mol. The number of rotatable bonds is 6. The van der Waals surface area contributed by atoms with Crippen molar-refractivity contribution < 1.29 is 28.9 Å². The second-order valence-electron chi connectivity index (χ2n) is 5.89. The lowest BCUT2D eigenvalue weighted by atomic mass is 10.1. The third-order valence-corrected chi connectivity index (χ3v) is 4.30. The van der Waals surface area contributed by atoms with E-state index >= 15 is 0 Å². The van der Waals surface area contributed by atoms with Crippen molar-refractivity contribution >= 4 is 23.5 Å². The third kappa shape index (κ3) is 4.43. The van der Waals surface area contributed by atoms with E-state index in [2.05, 4.69) is 5.32 Å². The van der Waals surface area contributed by atoms with Gasteiger partial charge < -0.3 is 24.6 Å². The Hall–Kier alpha value is -2.93. The summed E-state index contributed by atoms with van der Waals surface area (Å²) < 4.78 is 16.0. The predicted octanol–water partition coefficient (Wildman–Crippen LogP) is 2.60. The quantitative estimate of drug-likeness (QED) is 0.786. The number of aliphatic carboxylic acids is 1. The molecule has 0 saturated heterocycles. The van der Waals surface area contributed by atoms with Crippen LogP contribution in [0.1, 0.15) is 17.2 Å². The molecule has 2 N–H and O–H groups in total. The molecule has 0 radical (unpaired) electrons. The van der Waals surface area contributed by atoms with Crippen molar-refractivity contribution in [2.24, 2.45) is 0 Å². The molecule has 0 bridgehead atoms. The minimum absolute atomic E-state index is 0.0453. The summed E-state index contributed by atoms with van der Waals surface area (Å²) in [7, 11) is 1.52. The zero-order valence-electron chi connectivity index (χ0n) is 14.5. The highest BCUT2D eigenvalue weighted by Gasteiger charge is 2.23. The summed E-state index contributed by atoms with van der Waals surface area (Å²) in [5, 5.41) is 12.3. The summed E-state index contributed by atoms with van der Waals surface area (Å²) in [5.41, 5.74) is 1.04. The van der Waals surface area contributed by atoms with E-state index in [1.165, 1.54) is 7.11 Å². The Kier molecular flexibility index (Phi) is 5.71. The second kappa shape index (κ2) is 8.18. The molecular weight excluding hydrogens is 374 g/mol. The molecule has 2 aromatic rings. The van der Waals surface area contributed by atoms with Gasteiger partial charge in [-0.2, -0.15) is 0 Å². The van der Waals surface area contributed by atoms with Gasteiger partial charge in [0.25, 0.3) is 0 Å². The standard InChI is InChI=1S/C19H18ClNO6/c1-25-13-4-2-12(3-5-13)17(19(23)24)21-16(22)10-11-8-14(20)18-15(9-11)26-6-7-27-18/h2-5,8-9,17H,6-7,10H2,1H3,(H,21,22)(H,23,24). The van der Waals surface area contributed by atoms with Crippen LogP contribution in [0.3, 0.4) is 0 Å². The van der Waals surface area contributed by atoms with Gasteiger partial charge in [0.15, 0.2) is 17.5 Å². The van der Waals surface area contributed by atoms with E-state index in [-0.39, 0.29) is 6.42 Å². The highest BCUT2D eigenvalue weighted by Crippen LogP contribution is 2.38. The van der Waals surface area contributed by atoms with Gasteiger partial charge >= 0.3 is 5.97 Å². The Morgan fingerprint density at radius 1 is 1.22 bits per heavy atom. The number of carbonyl (C=O) groups excluding carboxylic acids is 1. The number of carboxylic acids is 1. The lowest BCUT2D eigenvalue weighted by molar-refractivity contribution is -0.142. The van der Waals surface area contributed by atoms with Crippen molar-refractivity contribution in [2.75, 3.05) is 20.3 Å². The average Bonchev–Trinajstić information content (AvgIpc) is 2.66. The van der Waals surface area contributed by atoms with Crippen LogP contribution in [0.2, 0.25) is 5.02 Å². The van der Waals surface area contributed by atoms with Crippen molar-refractivity contribution in [1.29, 1.82) is 0 Å². The summed E-state index contributed by atoms with van der Waals surface area (Å²) in [5.74, 6) is -0.0879. The van der Waals surface area contributed by atoms with E-state index in [0.717, 1.165) is 0 Å². The highest BCUT2D eigenvalue weighted by atomic mass is 35.5. The minimum atomic E-state index is -1.17. The molecule has 3 rings (SSSR count). The van der Waals surface area contributed by atoms with Gasteiger partial charge in [0.2, 0.25) is 5.91 Å². The Labute approximate surface area is 160 Å². The van der Waals surface area contributed by atoms with Crippen LogP contribution in [0, 0.1) is 0 Å². The van der Waals surface area contributed by atoms with Gasteiger partial charge in [0.05, 0.1) is 18.6 Å². The Balaban J connectivity index is 1.73. The number of hydrogen-bond donors (Lipinski definition) is 2. The van der Waals surface area contributed by atoms with E-state index in [1.807, 2.05) is 0 Å². The zero-order chi connectivity index (χ0) is 19.4. The van der Waals surface area contributed by atoms with Gasteiger partial charge in [-0.1, -0.05) is 23.7 Å². The molecule has 0 aromatic heterocycles. The first kappa shape index (κ1) is 18.8. The number of halogens is 1. The minimum Gasteiger partial charge on any atom is -0.497 e. The summed E-state index contributed by atoms with van der Waals surface area (Å²) in [6, 6.07) is 8.57. The van der Waals surface area contributed by atoms with E-state index in [1.54, 1.807) is 36.4 Å². The average molecular weight is 392 g/mol. The Morgan fingerprint density at radius 2 is 1.93 bits per heavy atom. The molecule has 8 heteroatoms. The molecule has 0 aliphatic carbocycles. The molecule has 2 aromatic carbocycles. The van der Waals surface area contributed by atoms with Gasteiger partial charge in [0.1, 0.15) is 19.0 Å². The number of carbonyl (C=O) groups is 2. The molecule has 0 saturated carbocycles. The third-order valence-electron chi connectivity index (χ3n) is 4.02. The second-order valence-corrected chi connectivity index (χ2v) is 6.30. The van der Waals surface area contributed by atoms with Crippen LogP contribution in [0.25, 0.3) is 0 Å². The number of hydrogen-bond acceptors (Lipinski definition) is 5. The van der Waals surface area contributed by atoms with Crippen molar-refractivity contribution in [2.45, 2.75) is 12.5 Å². The maximum absolute atomic E-state index is 12.4. The molecule has 7 nitrogen and oxygen atoms in total. The van der Waals surface area contributed by atoms with Gasteiger partial charge in [-0.3, -0.25) is 4.79 Å². The fourth-order valence-electron chi connectivity index (χ4n) is 2.75. The number of methoxy groups -OCH3 is 1. The number of amides is 1. The number of fused-ring (bicyclic) bond motifs is 1. The van der Waals surface area contributed by atoms with E-state index in [0.29, 0.717) is 46.6 Å². The number of ether oxygens (including phenoxy) is 3. The molecule has 1 aliphatic rings. The first-order valence-electron chi connectivity index (χ1n) is 8.22. The molecule has 27 heavy (non-hydrogen) atoms. The SMILES string of the molecule is COc1ccc(C(NC(=O)Cc2cc(Cl)c3c(c2)OCCO3)C(=O)O)cc1. The largest absolute Gasteiger partial charge is 0.497 e. The van der Waals surface area contributed by atoms with Gasteiger partial charge in [0, 0.05) is 0 Å². The molecule has 0 spiro atoms. The Morgan fingerprint density at radius 3 is 2.59 bits per heavy atom. The van der Waals surface area contributed by atoms with Crippen molar-refractivity contribution in [3.05, 3.63) is 52.5 Å². The molecule has 1 heterocycles. The summed E-state index contributed by atoms with van der Waals surface area (Å²) in [6.45, 7) is 0.812. The van der Waals surface area contributed by atoms with Crippen LogP contribution in [0.5, 0.6) is 17.2 Å². The topological polar surface area (TPSA) is 94.1 Å². The lowest BCUT2D eigenvalue weighted by Gasteiger charge is -2.20. The number of nitrogens with one attached hydrogen (secondary N) is 1. The van der Waals surface area contributed by atoms with Crippen molar-refractivity contribution in [1.82, 2.24) is 5.32 Å². The number of benzene rings is 2. The van der Waals surface area contributed by atoms with Gasteiger partial charge in [-0.05, 0) is 35.4 Å². The van der Waals surface area contributed by atoms with Crippen LogP contribution >= 0.6 is 11.6 Å². The molecule has 142 valence electrons. The first-order valence-corrected chi connectivity index (χ1v) is 8.60. The fourth-order valence-corrected chi connectivity index (χ4v) is 3.04. The molecule has 1 unspecified atom stereocenters.